The first kappa shape index (κ1) is 13.5. The number of nitrogens with zero attached hydrogens (tertiary/aromatic N) is 2. The van der Waals surface area contributed by atoms with Crippen LogP contribution in [-0.4, -0.2) is 12.5 Å². The predicted molar refractivity (Wildman–Crippen MR) is 86.9 cm³/mol. The fraction of sp³-hybridized carbons (Fsp3) is 0.267. The summed E-state index contributed by atoms with van der Waals surface area (Å²) in [7, 11) is 0. The van der Waals surface area contributed by atoms with Gasteiger partial charge >= 0.3 is 0 Å². The average molecular weight is 306 g/mol. The summed E-state index contributed by atoms with van der Waals surface area (Å²) in [5.41, 5.74) is 7.06. The van der Waals surface area contributed by atoms with Crippen LogP contribution in [0.5, 0.6) is 0 Å². The number of anilines is 1. The zero-order valence-electron chi connectivity index (χ0n) is 11.2. The second kappa shape index (κ2) is 5.46. The number of aryl methyl sites for hydroxylation is 1. The lowest BCUT2D eigenvalue weighted by Crippen LogP contribution is -2.35. The summed E-state index contributed by atoms with van der Waals surface area (Å²) in [6.45, 7) is 2.87. The molecule has 1 aliphatic heterocycles. The first-order chi connectivity index (χ1) is 9.69. The van der Waals surface area contributed by atoms with Crippen molar-refractivity contribution in [1.29, 1.82) is 0 Å². The summed E-state index contributed by atoms with van der Waals surface area (Å²) in [5, 5.41) is 0.710. The van der Waals surface area contributed by atoms with Crippen LogP contribution in [0.25, 0.3) is 0 Å². The van der Waals surface area contributed by atoms with Crippen molar-refractivity contribution >= 4 is 34.6 Å². The molecule has 0 aliphatic carbocycles. The fourth-order valence-electron chi connectivity index (χ4n) is 2.42. The zero-order valence-corrected chi connectivity index (χ0v) is 12.8. The molecule has 1 aliphatic rings. The molecule has 104 valence electrons. The molecule has 0 bridgehead atoms. The maximum atomic E-state index is 6.09. The lowest BCUT2D eigenvalue weighted by atomic mass is 10.2. The molecule has 3 rings (SSSR count). The fourth-order valence-corrected chi connectivity index (χ4v) is 3.64. The van der Waals surface area contributed by atoms with Gasteiger partial charge in [-0.15, -0.1) is 11.3 Å². The molecular weight excluding hydrogens is 290 g/mol. The van der Waals surface area contributed by atoms with Crippen LogP contribution in [0.3, 0.4) is 0 Å². The largest absolute Gasteiger partial charge is 0.369 e. The molecule has 5 heteroatoms. The molecule has 1 aromatic carbocycles. The molecule has 0 amide bonds. The van der Waals surface area contributed by atoms with Gasteiger partial charge in [-0.3, -0.25) is 4.99 Å². The third kappa shape index (κ3) is 2.41. The van der Waals surface area contributed by atoms with E-state index in [0.717, 1.165) is 12.1 Å². The summed E-state index contributed by atoms with van der Waals surface area (Å²) in [6, 6.07) is 12.3. The number of halogens is 1. The lowest BCUT2D eigenvalue weighted by molar-refractivity contribution is 0.785. The van der Waals surface area contributed by atoms with E-state index in [1.807, 2.05) is 35.6 Å². The van der Waals surface area contributed by atoms with E-state index in [1.54, 1.807) is 0 Å². The van der Waals surface area contributed by atoms with Gasteiger partial charge in [0.1, 0.15) is 0 Å². The number of hydrogen-bond donors (Lipinski definition) is 1. The Kier molecular flexibility index (Phi) is 3.68. The van der Waals surface area contributed by atoms with E-state index in [9.17, 15) is 0 Å². The van der Waals surface area contributed by atoms with Crippen LogP contribution in [0.4, 0.5) is 5.69 Å². The monoisotopic (exact) mass is 305 g/mol. The number of thiophene rings is 1. The van der Waals surface area contributed by atoms with Crippen LogP contribution in [0.15, 0.2) is 41.4 Å². The second-order valence-corrected chi connectivity index (χ2v) is 6.36. The van der Waals surface area contributed by atoms with Crippen LogP contribution in [-0.2, 0) is 6.42 Å². The molecule has 0 saturated carbocycles. The van der Waals surface area contributed by atoms with Crippen molar-refractivity contribution in [1.82, 2.24) is 0 Å². The Morgan fingerprint density at radius 1 is 1.40 bits per heavy atom. The van der Waals surface area contributed by atoms with Crippen molar-refractivity contribution in [3.63, 3.8) is 0 Å². The predicted octanol–water partition coefficient (Wildman–Crippen LogP) is 3.84. The quantitative estimate of drug-likeness (QED) is 0.936. The summed E-state index contributed by atoms with van der Waals surface area (Å²) in [6.07, 6.45) is 1.06. The third-order valence-electron chi connectivity index (χ3n) is 3.43. The molecular formula is C15H16ClN3S. The minimum absolute atomic E-state index is 0.179. The van der Waals surface area contributed by atoms with E-state index in [4.69, 9.17) is 17.3 Å². The van der Waals surface area contributed by atoms with E-state index in [0.29, 0.717) is 17.5 Å². The number of rotatable bonds is 3. The highest BCUT2D eigenvalue weighted by atomic mass is 35.5. The van der Waals surface area contributed by atoms with Gasteiger partial charge in [-0.1, -0.05) is 24.6 Å². The second-order valence-electron chi connectivity index (χ2n) is 4.72. The first-order valence-corrected chi connectivity index (χ1v) is 7.82. The minimum Gasteiger partial charge on any atom is -0.369 e. The molecule has 1 unspecified atom stereocenters. The summed E-state index contributed by atoms with van der Waals surface area (Å²) >= 11 is 7.92. The Bertz CT molecular complexity index is 650. The van der Waals surface area contributed by atoms with Crippen LogP contribution >= 0.6 is 22.9 Å². The molecule has 2 aromatic rings. The standard InChI is InChI=1S/C15H16ClN3S/c1-2-12-6-7-14(20-12)13-9-18-15(17)19(13)11-5-3-4-10(16)8-11/h3-8,13H,2,9H2,1H3,(H2,17,18). The van der Waals surface area contributed by atoms with Crippen molar-refractivity contribution in [2.75, 3.05) is 11.4 Å². The molecule has 20 heavy (non-hydrogen) atoms. The molecule has 0 fully saturated rings. The van der Waals surface area contributed by atoms with Crippen LogP contribution in [0.1, 0.15) is 22.7 Å². The van der Waals surface area contributed by atoms with Gasteiger partial charge in [-0.25, -0.2) is 0 Å². The molecule has 1 aromatic heterocycles. The highest BCUT2D eigenvalue weighted by Gasteiger charge is 2.29. The van der Waals surface area contributed by atoms with Gasteiger partial charge in [-0.05, 0) is 36.8 Å². The van der Waals surface area contributed by atoms with Gasteiger partial charge in [0.15, 0.2) is 5.96 Å². The van der Waals surface area contributed by atoms with Crippen molar-refractivity contribution in [3.05, 3.63) is 51.2 Å². The molecule has 0 radical (unpaired) electrons. The molecule has 3 nitrogen and oxygen atoms in total. The third-order valence-corrected chi connectivity index (χ3v) is 5.00. The van der Waals surface area contributed by atoms with E-state index in [-0.39, 0.29) is 6.04 Å². The zero-order chi connectivity index (χ0) is 14.1. The summed E-state index contributed by atoms with van der Waals surface area (Å²) in [4.78, 5) is 9.15. The molecule has 2 N–H and O–H groups in total. The Morgan fingerprint density at radius 3 is 2.95 bits per heavy atom. The molecule has 0 saturated heterocycles. The van der Waals surface area contributed by atoms with Crippen molar-refractivity contribution in [2.45, 2.75) is 19.4 Å². The Hall–Kier alpha value is -1.52. The van der Waals surface area contributed by atoms with Gasteiger partial charge in [0.25, 0.3) is 0 Å². The highest BCUT2D eigenvalue weighted by Crippen LogP contribution is 2.35. The maximum absolute atomic E-state index is 6.09. The summed E-state index contributed by atoms with van der Waals surface area (Å²) in [5.74, 6) is 0.559. The Balaban J connectivity index is 1.96. The van der Waals surface area contributed by atoms with E-state index in [1.165, 1.54) is 9.75 Å². The molecule has 2 heterocycles. The van der Waals surface area contributed by atoms with Crippen LogP contribution in [0, 0.1) is 0 Å². The SMILES string of the molecule is CCc1ccc(C2CN=C(N)N2c2cccc(Cl)c2)s1. The van der Waals surface area contributed by atoms with Crippen molar-refractivity contribution < 1.29 is 0 Å². The van der Waals surface area contributed by atoms with E-state index < -0.39 is 0 Å². The van der Waals surface area contributed by atoms with Gasteiger partial charge in [-0.2, -0.15) is 0 Å². The number of guanidine groups is 1. The van der Waals surface area contributed by atoms with E-state index in [2.05, 4.69) is 28.9 Å². The van der Waals surface area contributed by atoms with Crippen LogP contribution < -0.4 is 10.6 Å². The normalized spacial score (nSPS) is 18.4. The number of hydrogen-bond acceptors (Lipinski definition) is 4. The van der Waals surface area contributed by atoms with Gasteiger partial charge in [0.2, 0.25) is 0 Å². The number of benzene rings is 1. The van der Waals surface area contributed by atoms with Gasteiger partial charge < -0.3 is 10.6 Å². The first-order valence-electron chi connectivity index (χ1n) is 6.62. The highest BCUT2D eigenvalue weighted by molar-refractivity contribution is 7.12. The van der Waals surface area contributed by atoms with Gasteiger partial charge in [0.05, 0.1) is 12.6 Å². The molecule has 1 atom stereocenters. The average Bonchev–Trinajstić information content (AvgIpc) is 3.04. The van der Waals surface area contributed by atoms with Crippen LogP contribution in [0.2, 0.25) is 5.02 Å². The summed E-state index contributed by atoms with van der Waals surface area (Å²) < 4.78 is 0. The maximum Gasteiger partial charge on any atom is 0.196 e. The van der Waals surface area contributed by atoms with Crippen molar-refractivity contribution in [2.24, 2.45) is 10.7 Å². The topological polar surface area (TPSA) is 41.6 Å². The lowest BCUT2D eigenvalue weighted by Gasteiger charge is -2.25. The number of nitrogens with two attached hydrogens (primary N) is 1. The smallest absolute Gasteiger partial charge is 0.196 e. The Morgan fingerprint density at radius 2 is 2.25 bits per heavy atom. The van der Waals surface area contributed by atoms with Gasteiger partial charge in [0, 0.05) is 20.5 Å². The van der Waals surface area contributed by atoms with Crippen molar-refractivity contribution in [3.8, 4) is 0 Å². The number of aliphatic imine (C=N–C) groups is 1. The Labute approximate surface area is 127 Å². The minimum atomic E-state index is 0.179. The molecule has 0 spiro atoms. The van der Waals surface area contributed by atoms with E-state index >= 15 is 0 Å².